The van der Waals surface area contributed by atoms with E-state index in [1.165, 1.54) is 32.1 Å². The zero-order valence-electron chi connectivity index (χ0n) is 26.2. The highest BCUT2D eigenvalue weighted by Crippen LogP contribution is 2.22. The van der Waals surface area contributed by atoms with Gasteiger partial charge in [0.2, 0.25) is 5.91 Å². The Morgan fingerprint density at radius 3 is 2.05 bits per heavy atom. The molecule has 1 aliphatic rings. The van der Waals surface area contributed by atoms with Crippen LogP contribution in [0.25, 0.3) is 0 Å². The van der Waals surface area contributed by atoms with Crippen molar-refractivity contribution in [3.63, 3.8) is 0 Å². The van der Waals surface area contributed by atoms with Gasteiger partial charge in [0.15, 0.2) is 6.29 Å². The summed E-state index contributed by atoms with van der Waals surface area (Å²) in [6, 6.07) is -0.718. The van der Waals surface area contributed by atoms with Crippen LogP contribution in [-0.2, 0) is 14.3 Å². The summed E-state index contributed by atoms with van der Waals surface area (Å²) in [4.78, 5) is 12.7. The van der Waals surface area contributed by atoms with Gasteiger partial charge in [-0.2, -0.15) is 0 Å². The largest absolute Gasteiger partial charge is 0.394 e. The molecule has 7 unspecified atom stereocenters. The van der Waals surface area contributed by atoms with Crippen LogP contribution in [0.15, 0.2) is 24.3 Å². The molecular formula is C33H61NO8. The predicted molar refractivity (Wildman–Crippen MR) is 166 cm³/mol. The van der Waals surface area contributed by atoms with Crippen LogP contribution in [0.5, 0.6) is 0 Å². The van der Waals surface area contributed by atoms with E-state index in [1.807, 2.05) is 0 Å². The lowest BCUT2D eigenvalue weighted by atomic mass is 9.99. The molecule has 0 bridgehead atoms. The smallest absolute Gasteiger partial charge is 0.220 e. The molecule has 0 aromatic carbocycles. The summed E-state index contributed by atoms with van der Waals surface area (Å²) in [6.07, 6.45) is 18.4. The number of carbonyl (C=O) groups is 1. The fraction of sp³-hybridized carbons (Fsp3) is 0.848. The number of hydrogen-bond donors (Lipinski definition) is 6. The zero-order chi connectivity index (χ0) is 31.0. The number of aliphatic hydroxyl groups excluding tert-OH is 5. The number of allylic oxidation sites excluding steroid dienone is 4. The van der Waals surface area contributed by atoms with Crippen molar-refractivity contribution in [2.24, 2.45) is 0 Å². The van der Waals surface area contributed by atoms with E-state index in [2.05, 4.69) is 43.5 Å². The Morgan fingerprint density at radius 1 is 0.810 bits per heavy atom. The minimum atomic E-state index is -1.55. The third kappa shape index (κ3) is 17.1. The minimum Gasteiger partial charge on any atom is -0.394 e. The van der Waals surface area contributed by atoms with Crippen LogP contribution >= 0.6 is 0 Å². The monoisotopic (exact) mass is 599 g/mol. The Kier molecular flexibility index (Phi) is 23.1. The lowest BCUT2D eigenvalue weighted by molar-refractivity contribution is -0.302. The van der Waals surface area contributed by atoms with Crippen LogP contribution < -0.4 is 5.32 Å². The van der Waals surface area contributed by atoms with E-state index in [4.69, 9.17) is 9.47 Å². The van der Waals surface area contributed by atoms with Gasteiger partial charge in [-0.15, -0.1) is 0 Å². The molecule has 1 rings (SSSR count). The Morgan fingerprint density at radius 2 is 1.40 bits per heavy atom. The molecule has 1 saturated heterocycles. The third-order valence-corrected chi connectivity index (χ3v) is 7.81. The van der Waals surface area contributed by atoms with Crippen molar-refractivity contribution in [1.29, 1.82) is 0 Å². The topological polar surface area (TPSA) is 149 Å². The number of carbonyl (C=O) groups excluding carboxylic acids is 1. The van der Waals surface area contributed by atoms with Crippen LogP contribution in [0, 0.1) is 0 Å². The summed E-state index contributed by atoms with van der Waals surface area (Å²) in [5.41, 5.74) is 0. The second-order valence-electron chi connectivity index (χ2n) is 11.6. The van der Waals surface area contributed by atoms with Gasteiger partial charge in [0.1, 0.15) is 24.4 Å². The molecule has 9 heteroatoms. The maximum Gasteiger partial charge on any atom is 0.220 e. The molecule has 0 radical (unpaired) electrons. The number of nitrogens with one attached hydrogen (secondary N) is 1. The minimum absolute atomic E-state index is 0.149. The highest BCUT2D eigenvalue weighted by molar-refractivity contribution is 5.76. The van der Waals surface area contributed by atoms with E-state index in [1.54, 1.807) is 0 Å². The molecule has 1 amide bonds. The molecule has 1 heterocycles. The summed E-state index contributed by atoms with van der Waals surface area (Å²) in [5.74, 6) is -0.173. The first-order chi connectivity index (χ1) is 20.3. The molecule has 0 aromatic heterocycles. The quantitative estimate of drug-likeness (QED) is 0.0667. The molecule has 0 aliphatic carbocycles. The van der Waals surface area contributed by atoms with Crippen molar-refractivity contribution in [2.45, 2.75) is 166 Å². The lowest BCUT2D eigenvalue weighted by Crippen LogP contribution is -2.60. The second-order valence-corrected chi connectivity index (χ2v) is 11.6. The van der Waals surface area contributed by atoms with Crippen molar-refractivity contribution in [3.8, 4) is 0 Å². The van der Waals surface area contributed by atoms with Gasteiger partial charge in [0.05, 0.1) is 25.4 Å². The summed E-state index contributed by atoms with van der Waals surface area (Å²) in [5, 5.41) is 53.2. The molecule has 0 saturated carbocycles. The van der Waals surface area contributed by atoms with Gasteiger partial charge in [-0.3, -0.25) is 4.79 Å². The first-order valence-corrected chi connectivity index (χ1v) is 16.5. The fourth-order valence-corrected chi connectivity index (χ4v) is 5.01. The number of unbranched alkanes of at least 4 members (excludes halogenated alkanes) is 11. The first-order valence-electron chi connectivity index (χ1n) is 16.5. The van der Waals surface area contributed by atoms with Crippen LogP contribution in [0.4, 0.5) is 0 Å². The standard InChI is InChI=1S/C33H61NO8/c1-3-5-7-8-9-10-11-12-13-14-15-16-17-18-19-21-23-29(37)34-26(27(36)22-20-6-4-2)25-41-33-32(40)31(39)30(38)28(24-35)42-33/h10-11,13-14,26-28,30-33,35-36,38-40H,3-9,12,15-25H2,1-2H3,(H,34,37)/b11-10-,14-13-. The highest BCUT2D eigenvalue weighted by atomic mass is 16.7. The van der Waals surface area contributed by atoms with E-state index >= 15 is 0 Å². The SMILES string of the molecule is CCCCCC/C=C\C/C=C\CCCCCCCC(=O)NC(COC1OC(CO)C(O)C(O)C1O)C(O)CCCCC. The molecule has 246 valence electrons. The van der Waals surface area contributed by atoms with E-state index in [0.29, 0.717) is 12.8 Å². The molecule has 42 heavy (non-hydrogen) atoms. The van der Waals surface area contributed by atoms with Crippen molar-refractivity contribution in [3.05, 3.63) is 24.3 Å². The molecule has 0 spiro atoms. The van der Waals surface area contributed by atoms with Gasteiger partial charge in [0, 0.05) is 6.42 Å². The average molecular weight is 600 g/mol. The van der Waals surface area contributed by atoms with Crippen LogP contribution in [-0.4, -0.2) is 87.5 Å². The van der Waals surface area contributed by atoms with Crippen molar-refractivity contribution < 1.29 is 39.8 Å². The van der Waals surface area contributed by atoms with Gasteiger partial charge in [-0.05, 0) is 44.9 Å². The van der Waals surface area contributed by atoms with E-state index in [-0.39, 0.29) is 12.5 Å². The Labute approximate surface area is 254 Å². The molecular weight excluding hydrogens is 538 g/mol. The van der Waals surface area contributed by atoms with Crippen molar-refractivity contribution in [1.82, 2.24) is 5.32 Å². The number of amides is 1. The average Bonchev–Trinajstić information content (AvgIpc) is 2.98. The Bertz CT molecular complexity index is 716. The summed E-state index contributed by atoms with van der Waals surface area (Å²) in [7, 11) is 0. The number of aliphatic hydroxyl groups is 5. The highest BCUT2D eigenvalue weighted by Gasteiger charge is 2.44. The maximum atomic E-state index is 12.7. The molecule has 7 atom stereocenters. The lowest BCUT2D eigenvalue weighted by Gasteiger charge is -2.40. The molecule has 9 nitrogen and oxygen atoms in total. The van der Waals surface area contributed by atoms with Gasteiger partial charge < -0.3 is 40.3 Å². The first kappa shape index (κ1) is 38.7. The summed E-state index contributed by atoms with van der Waals surface area (Å²) < 4.78 is 11.0. The normalized spacial score (nSPS) is 24.4. The predicted octanol–water partition coefficient (Wildman–Crippen LogP) is 4.43. The second kappa shape index (κ2) is 25.0. The fourth-order valence-electron chi connectivity index (χ4n) is 5.01. The van der Waals surface area contributed by atoms with Crippen LogP contribution in [0.3, 0.4) is 0 Å². The number of hydrogen-bond acceptors (Lipinski definition) is 8. The van der Waals surface area contributed by atoms with Gasteiger partial charge in [0.25, 0.3) is 0 Å². The Balaban J connectivity index is 2.32. The van der Waals surface area contributed by atoms with Crippen LogP contribution in [0.1, 0.15) is 123 Å². The van der Waals surface area contributed by atoms with Crippen molar-refractivity contribution in [2.75, 3.05) is 13.2 Å². The van der Waals surface area contributed by atoms with Gasteiger partial charge >= 0.3 is 0 Å². The van der Waals surface area contributed by atoms with E-state index in [0.717, 1.165) is 64.2 Å². The third-order valence-electron chi connectivity index (χ3n) is 7.81. The summed E-state index contributed by atoms with van der Waals surface area (Å²) in [6.45, 7) is 3.60. The van der Waals surface area contributed by atoms with Gasteiger partial charge in [-0.25, -0.2) is 0 Å². The Hall–Kier alpha value is -1.33. The molecule has 1 fully saturated rings. The number of ether oxygens (including phenoxy) is 2. The van der Waals surface area contributed by atoms with E-state index < -0.39 is 49.5 Å². The molecule has 6 N–H and O–H groups in total. The number of rotatable bonds is 25. The zero-order valence-corrected chi connectivity index (χ0v) is 26.2. The molecule has 1 aliphatic heterocycles. The van der Waals surface area contributed by atoms with Crippen molar-refractivity contribution >= 4 is 5.91 Å². The van der Waals surface area contributed by atoms with Crippen LogP contribution in [0.2, 0.25) is 0 Å². The maximum absolute atomic E-state index is 12.7. The van der Waals surface area contributed by atoms with E-state index in [9.17, 15) is 30.3 Å². The van der Waals surface area contributed by atoms with Gasteiger partial charge in [-0.1, -0.05) is 95.9 Å². The summed E-state index contributed by atoms with van der Waals surface area (Å²) >= 11 is 0. The molecule has 0 aromatic rings.